The highest BCUT2D eigenvalue weighted by Crippen LogP contribution is 2.45. The first-order chi connectivity index (χ1) is 19.4. The van der Waals surface area contributed by atoms with Crippen LogP contribution in [0, 0.1) is 37.4 Å². The van der Waals surface area contributed by atoms with Crippen LogP contribution in [0.5, 0.6) is 5.75 Å². The Kier molecular flexibility index (Phi) is 8.26. The van der Waals surface area contributed by atoms with Crippen LogP contribution in [-0.4, -0.2) is 29.3 Å². The Morgan fingerprint density at radius 3 is 2.63 bits per heavy atom. The number of H-pyrrole nitrogens is 1. The maximum Gasteiger partial charge on any atom is 0.340 e. The van der Waals surface area contributed by atoms with E-state index in [1.54, 1.807) is 6.07 Å². The van der Waals surface area contributed by atoms with Crippen molar-refractivity contribution >= 4 is 16.9 Å². The van der Waals surface area contributed by atoms with Crippen molar-refractivity contribution in [2.24, 2.45) is 17.8 Å². The fraction of sp³-hybridized carbons (Fsp3) is 0.571. The van der Waals surface area contributed by atoms with Gasteiger partial charge in [-0.3, -0.25) is 0 Å². The van der Waals surface area contributed by atoms with Crippen molar-refractivity contribution in [2.45, 2.75) is 105 Å². The molecule has 41 heavy (non-hydrogen) atoms. The van der Waals surface area contributed by atoms with Gasteiger partial charge in [-0.05, 0) is 119 Å². The van der Waals surface area contributed by atoms with E-state index in [0.717, 1.165) is 76.4 Å². The zero-order valence-electron chi connectivity index (χ0n) is 25.9. The molecule has 0 radical (unpaired) electrons. The molecular formula is C35H46FNO4. The number of benzene rings is 2. The van der Waals surface area contributed by atoms with Crippen molar-refractivity contribution in [3.05, 3.63) is 52.5 Å². The highest BCUT2D eigenvalue weighted by Gasteiger charge is 2.39. The third-order valence-electron chi connectivity index (χ3n) is 8.99. The number of ether oxygens (including phenoxy) is 3. The van der Waals surface area contributed by atoms with Crippen LogP contribution in [0.3, 0.4) is 0 Å². The minimum atomic E-state index is -0.968. The molecule has 2 aromatic carbocycles. The normalized spacial score (nSPS) is 22.0. The van der Waals surface area contributed by atoms with Crippen LogP contribution in [0.2, 0.25) is 0 Å². The van der Waals surface area contributed by atoms with Crippen LogP contribution in [0.25, 0.3) is 22.0 Å². The van der Waals surface area contributed by atoms with Gasteiger partial charge in [0.2, 0.25) is 0 Å². The number of esters is 1. The summed E-state index contributed by atoms with van der Waals surface area (Å²) in [5, 5.41) is 0.923. The lowest BCUT2D eigenvalue weighted by Crippen LogP contribution is -2.38. The number of hydrogen-bond donors (Lipinski definition) is 1. The molecule has 6 heteroatoms. The zero-order valence-corrected chi connectivity index (χ0v) is 25.9. The molecule has 3 aromatic rings. The van der Waals surface area contributed by atoms with Crippen LogP contribution in [-0.2, 0) is 20.7 Å². The van der Waals surface area contributed by atoms with Gasteiger partial charge < -0.3 is 19.2 Å². The Morgan fingerprint density at radius 1 is 1.17 bits per heavy atom. The number of aromatic amines is 1. The van der Waals surface area contributed by atoms with E-state index >= 15 is 4.39 Å². The van der Waals surface area contributed by atoms with Crippen LogP contribution in [0.4, 0.5) is 4.39 Å². The smallest absolute Gasteiger partial charge is 0.340 e. The number of fused-ring (bicyclic) bond motifs is 2. The molecule has 0 amide bonds. The number of carbonyl (C=O) groups excluding carboxylic acids is 1. The minimum absolute atomic E-state index is 0.155. The number of nitrogens with one attached hydrogen (secondary N) is 1. The highest BCUT2D eigenvalue weighted by molar-refractivity contribution is 6.00. The first kappa shape index (κ1) is 29.6. The summed E-state index contributed by atoms with van der Waals surface area (Å²) in [5.74, 6) is 0.840. The predicted molar refractivity (Wildman–Crippen MR) is 162 cm³/mol. The highest BCUT2D eigenvalue weighted by atomic mass is 19.1. The standard InChI is InChI=1S/C35H46FNO4/c1-19(2)23-12-11-20(3)16-29(23)40-34(38)33(41-35(6,7)8)30-21(4)17-28-25(13-14-37-28)31(30)26-18-27(36)32-24(22(26)5)10-9-15-39-32/h13-14,17-20,23,29,33,37H,9-12,15-16H2,1-8H3/t20-,23+,29-,33?/m1/s1. The second-order valence-electron chi connectivity index (χ2n) is 13.6. The largest absolute Gasteiger partial charge is 0.490 e. The van der Waals surface area contributed by atoms with E-state index < -0.39 is 11.7 Å². The second-order valence-corrected chi connectivity index (χ2v) is 13.6. The summed E-state index contributed by atoms with van der Waals surface area (Å²) in [7, 11) is 0. The van der Waals surface area contributed by atoms with E-state index in [4.69, 9.17) is 14.2 Å². The monoisotopic (exact) mass is 563 g/mol. The summed E-state index contributed by atoms with van der Waals surface area (Å²) in [6.07, 6.45) is 5.42. The molecule has 5 rings (SSSR count). The molecule has 1 saturated carbocycles. The van der Waals surface area contributed by atoms with E-state index in [0.29, 0.717) is 30.1 Å². The predicted octanol–water partition coefficient (Wildman–Crippen LogP) is 8.78. The SMILES string of the molecule is Cc1cc2[nH]ccc2c(-c2cc(F)c3c(c2C)CCCO3)c1C(OC(C)(C)C)C(=O)O[C@@H]1C[C@H](C)CC[C@H]1C(C)C. The fourth-order valence-electron chi connectivity index (χ4n) is 6.94. The van der Waals surface area contributed by atoms with Crippen LogP contribution in [0.15, 0.2) is 24.4 Å². The molecule has 0 bridgehead atoms. The molecule has 0 spiro atoms. The van der Waals surface area contributed by atoms with Gasteiger partial charge in [0.25, 0.3) is 0 Å². The maximum atomic E-state index is 15.6. The van der Waals surface area contributed by atoms with Crippen molar-refractivity contribution in [1.82, 2.24) is 4.98 Å². The number of rotatable bonds is 6. The molecule has 1 aromatic heterocycles. The van der Waals surface area contributed by atoms with Gasteiger partial charge in [0.1, 0.15) is 6.10 Å². The summed E-state index contributed by atoms with van der Waals surface area (Å²) in [6.45, 7) is 17.1. The van der Waals surface area contributed by atoms with E-state index in [-0.39, 0.29) is 17.9 Å². The number of aromatic nitrogens is 1. The van der Waals surface area contributed by atoms with Gasteiger partial charge in [-0.15, -0.1) is 0 Å². The lowest BCUT2D eigenvalue weighted by Gasteiger charge is -2.38. The van der Waals surface area contributed by atoms with Crippen LogP contribution < -0.4 is 4.74 Å². The summed E-state index contributed by atoms with van der Waals surface area (Å²) >= 11 is 0. The van der Waals surface area contributed by atoms with Crippen LogP contribution >= 0.6 is 0 Å². The number of halogens is 1. The van der Waals surface area contributed by atoms with Gasteiger partial charge >= 0.3 is 5.97 Å². The van der Waals surface area contributed by atoms with E-state index in [9.17, 15) is 4.79 Å². The van der Waals surface area contributed by atoms with Gasteiger partial charge in [-0.25, -0.2) is 9.18 Å². The molecule has 1 aliphatic heterocycles. The summed E-state index contributed by atoms with van der Waals surface area (Å²) in [4.78, 5) is 17.6. The van der Waals surface area contributed by atoms with Crippen molar-refractivity contribution < 1.29 is 23.4 Å². The molecule has 2 heterocycles. The van der Waals surface area contributed by atoms with Crippen molar-refractivity contribution in [1.29, 1.82) is 0 Å². The minimum Gasteiger partial charge on any atom is -0.490 e. The number of hydrogen-bond acceptors (Lipinski definition) is 4. The first-order valence-corrected chi connectivity index (χ1v) is 15.3. The quantitative estimate of drug-likeness (QED) is 0.305. The lowest BCUT2D eigenvalue weighted by molar-refractivity contribution is -0.178. The summed E-state index contributed by atoms with van der Waals surface area (Å²) in [5.41, 5.74) is 5.38. The third kappa shape index (κ3) is 5.90. The molecule has 1 unspecified atom stereocenters. The summed E-state index contributed by atoms with van der Waals surface area (Å²) in [6, 6.07) is 5.62. The van der Waals surface area contributed by atoms with Crippen LogP contribution in [0.1, 0.15) is 95.6 Å². The van der Waals surface area contributed by atoms with Gasteiger partial charge in [-0.1, -0.05) is 27.2 Å². The summed E-state index contributed by atoms with van der Waals surface area (Å²) < 4.78 is 34.4. The molecular weight excluding hydrogens is 517 g/mol. The van der Waals surface area contributed by atoms with Gasteiger partial charge in [0.15, 0.2) is 17.7 Å². The van der Waals surface area contributed by atoms with E-state index in [1.165, 1.54) is 0 Å². The Bertz CT molecular complexity index is 1430. The number of carbonyl (C=O) groups is 1. The average molecular weight is 564 g/mol. The average Bonchev–Trinajstić information content (AvgIpc) is 3.36. The fourth-order valence-corrected chi connectivity index (χ4v) is 6.94. The Labute approximate surface area is 244 Å². The van der Waals surface area contributed by atoms with Gasteiger partial charge in [0, 0.05) is 28.2 Å². The molecule has 0 saturated heterocycles. The molecule has 1 fully saturated rings. The topological polar surface area (TPSA) is 60.5 Å². The third-order valence-corrected chi connectivity index (χ3v) is 8.99. The molecule has 5 nitrogen and oxygen atoms in total. The van der Waals surface area contributed by atoms with E-state index in [1.807, 2.05) is 52.9 Å². The van der Waals surface area contributed by atoms with Crippen molar-refractivity contribution in [2.75, 3.05) is 6.61 Å². The Morgan fingerprint density at radius 2 is 1.93 bits per heavy atom. The maximum absolute atomic E-state index is 15.6. The Hall–Kier alpha value is -2.86. The van der Waals surface area contributed by atoms with Gasteiger partial charge in [-0.2, -0.15) is 0 Å². The van der Waals surface area contributed by atoms with Crippen molar-refractivity contribution in [3.8, 4) is 16.9 Å². The molecule has 2 aliphatic rings. The Balaban J connectivity index is 1.69. The second kappa shape index (κ2) is 11.4. The molecule has 222 valence electrons. The van der Waals surface area contributed by atoms with E-state index in [2.05, 4.69) is 25.8 Å². The first-order valence-electron chi connectivity index (χ1n) is 15.3. The molecule has 1 N–H and O–H groups in total. The van der Waals surface area contributed by atoms with Gasteiger partial charge in [0.05, 0.1) is 12.2 Å². The molecule has 4 atom stereocenters. The zero-order chi connectivity index (χ0) is 29.6. The number of aryl methyl sites for hydroxylation is 1. The molecule has 1 aliphatic carbocycles. The van der Waals surface area contributed by atoms with Crippen molar-refractivity contribution in [3.63, 3.8) is 0 Å². The lowest BCUT2D eigenvalue weighted by atomic mass is 9.75.